The molecule has 0 unspecified atom stereocenters. The molecule has 2 N–H and O–H groups in total. The first-order valence-corrected chi connectivity index (χ1v) is 6.42. The van der Waals surface area contributed by atoms with Crippen LogP contribution in [0.15, 0.2) is 12.7 Å². The molecule has 0 amide bonds. The molecule has 0 saturated carbocycles. The maximum absolute atomic E-state index is 10.1. The molecule has 20 heavy (non-hydrogen) atoms. The van der Waals surface area contributed by atoms with Gasteiger partial charge < -0.3 is 19.8 Å². The zero-order valence-corrected chi connectivity index (χ0v) is 11.3. The molecule has 108 valence electrons. The van der Waals surface area contributed by atoms with Crippen LogP contribution >= 0.6 is 0 Å². The van der Waals surface area contributed by atoms with Crippen molar-refractivity contribution in [3.8, 4) is 0 Å². The average molecular weight is 279 g/mol. The van der Waals surface area contributed by atoms with Crippen LogP contribution in [0.1, 0.15) is 12.6 Å². The highest BCUT2D eigenvalue weighted by Crippen LogP contribution is 2.28. The standard InChI is InChI=1S/C12H17N5O3/c1-16(2)10-8-11(14-5-13-10)17(6-15-8)12-9(19)7(18)3-4-20-12/h5-7,9,12,18-19H,3-4H2,1-2H3/t7-,9+,12+/m0/s1. The average Bonchev–Trinajstić information content (AvgIpc) is 2.85. The second kappa shape index (κ2) is 4.97. The van der Waals surface area contributed by atoms with Crippen LogP contribution in [0, 0.1) is 0 Å². The quantitative estimate of drug-likeness (QED) is 0.767. The van der Waals surface area contributed by atoms with Crippen molar-refractivity contribution >= 4 is 17.0 Å². The van der Waals surface area contributed by atoms with Crippen molar-refractivity contribution in [3.05, 3.63) is 12.7 Å². The van der Waals surface area contributed by atoms with Crippen molar-refractivity contribution in [2.75, 3.05) is 25.6 Å². The molecule has 0 aliphatic carbocycles. The first kappa shape index (κ1) is 13.2. The van der Waals surface area contributed by atoms with E-state index in [0.717, 1.165) is 0 Å². The molecule has 3 atom stereocenters. The molecular weight excluding hydrogens is 262 g/mol. The van der Waals surface area contributed by atoms with E-state index >= 15 is 0 Å². The van der Waals surface area contributed by atoms with Crippen molar-refractivity contribution in [1.29, 1.82) is 0 Å². The SMILES string of the molecule is CN(C)c1ncnc2c1ncn2[C@@H]1OCC[C@H](O)[C@H]1O. The Morgan fingerprint density at radius 2 is 2.10 bits per heavy atom. The van der Waals surface area contributed by atoms with Crippen LogP contribution in [-0.4, -0.2) is 62.6 Å². The molecule has 0 radical (unpaired) electrons. The Balaban J connectivity index is 2.06. The van der Waals surface area contributed by atoms with Gasteiger partial charge in [0.1, 0.15) is 12.4 Å². The molecule has 0 spiro atoms. The van der Waals surface area contributed by atoms with Crippen molar-refractivity contribution in [1.82, 2.24) is 19.5 Å². The van der Waals surface area contributed by atoms with Crippen molar-refractivity contribution in [3.63, 3.8) is 0 Å². The van der Waals surface area contributed by atoms with Gasteiger partial charge in [-0.05, 0) is 6.42 Å². The Kier molecular flexibility index (Phi) is 3.28. The Morgan fingerprint density at radius 3 is 2.85 bits per heavy atom. The monoisotopic (exact) mass is 279 g/mol. The van der Waals surface area contributed by atoms with Gasteiger partial charge in [-0.25, -0.2) is 15.0 Å². The topological polar surface area (TPSA) is 96.5 Å². The number of aliphatic hydroxyl groups is 2. The van der Waals surface area contributed by atoms with Crippen LogP contribution in [-0.2, 0) is 4.74 Å². The molecular formula is C12H17N5O3. The van der Waals surface area contributed by atoms with Gasteiger partial charge in [0, 0.05) is 14.1 Å². The van der Waals surface area contributed by atoms with E-state index in [1.54, 1.807) is 10.9 Å². The van der Waals surface area contributed by atoms with E-state index in [4.69, 9.17) is 4.74 Å². The summed E-state index contributed by atoms with van der Waals surface area (Å²) in [5.41, 5.74) is 1.20. The van der Waals surface area contributed by atoms with E-state index in [2.05, 4.69) is 15.0 Å². The van der Waals surface area contributed by atoms with E-state index in [0.29, 0.717) is 30.0 Å². The summed E-state index contributed by atoms with van der Waals surface area (Å²) in [5, 5.41) is 19.8. The predicted molar refractivity (Wildman–Crippen MR) is 71.3 cm³/mol. The minimum atomic E-state index is -1.00. The second-order valence-electron chi connectivity index (χ2n) is 5.02. The Morgan fingerprint density at radius 1 is 1.30 bits per heavy atom. The third-order valence-corrected chi connectivity index (χ3v) is 3.43. The first-order valence-electron chi connectivity index (χ1n) is 6.42. The molecule has 1 aliphatic heterocycles. The van der Waals surface area contributed by atoms with Crippen molar-refractivity contribution in [2.45, 2.75) is 24.9 Å². The minimum Gasteiger partial charge on any atom is -0.390 e. The lowest BCUT2D eigenvalue weighted by molar-refractivity contribution is -0.164. The molecule has 8 heteroatoms. The Labute approximate surface area is 115 Å². The van der Waals surface area contributed by atoms with E-state index in [1.165, 1.54) is 6.33 Å². The maximum Gasteiger partial charge on any atom is 0.167 e. The summed E-state index contributed by atoms with van der Waals surface area (Å²) >= 11 is 0. The number of aliphatic hydroxyl groups excluding tert-OH is 2. The third kappa shape index (κ3) is 2.01. The highest BCUT2D eigenvalue weighted by molar-refractivity contribution is 5.83. The summed E-state index contributed by atoms with van der Waals surface area (Å²) in [5.74, 6) is 0.694. The number of fused-ring (bicyclic) bond motifs is 1. The Bertz CT molecular complexity index is 614. The van der Waals surface area contributed by atoms with E-state index in [9.17, 15) is 10.2 Å². The van der Waals surface area contributed by atoms with Gasteiger partial charge >= 0.3 is 0 Å². The zero-order chi connectivity index (χ0) is 14.3. The molecule has 2 aromatic heterocycles. The number of anilines is 1. The zero-order valence-electron chi connectivity index (χ0n) is 11.3. The lowest BCUT2D eigenvalue weighted by Crippen LogP contribution is -2.41. The number of aromatic nitrogens is 4. The summed E-state index contributed by atoms with van der Waals surface area (Å²) in [7, 11) is 3.74. The first-order chi connectivity index (χ1) is 9.59. The third-order valence-electron chi connectivity index (χ3n) is 3.43. The number of rotatable bonds is 2. The molecule has 8 nitrogen and oxygen atoms in total. The highest BCUT2D eigenvalue weighted by atomic mass is 16.5. The molecule has 2 aromatic rings. The minimum absolute atomic E-state index is 0.383. The lowest BCUT2D eigenvalue weighted by Gasteiger charge is -2.32. The molecule has 0 aromatic carbocycles. The fraction of sp³-hybridized carbons (Fsp3) is 0.583. The van der Waals surface area contributed by atoms with Gasteiger partial charge in [-0.2, -0.15) is 0 Å². The predicted octanol–water partition coefficient (Wildman–Crippen LogP) is -0.467. The fourth-order valence-electron chi connectivity index (χ4n) is 2.37. The number of hydrogen-bond donors (Lipinski definition) is 2. The van der Waals surface area contributed by atoms with Crippen LogP contribution in [0.4, 0.5) is 5.82 Å². The summed E-state index contributed by atoms with van der Waals surface area (Å²) < 4.78 is 7.19. The smallest absolute Gasteiger partial charge is 0.167 e. The van der Waals surface area contributed by atoms with Gasteiger partial charge in [0.25, 0.3) is 0 Å². The van der Waals surface area contributed by atoms with Gasteiger partial charge in [-0.1, -0.05) is 0 Å². The number of hydrogen-bond acceptors (Lipinski definition) is 7. The van der Waals surface area contributed by atoms with Crippen LogP contribution in [0.5, 0.6) is 0 Å². The fourth-order valence-corrected chi connectivity index (χ4v) is 2.37. The van der Waals surface area contributed by atoms with Gasteiger partial charge in [0.05, 0.1) is 19.0 Å². The van der Waals surface area contributed by atoms with Gasteiger partial charge in [0.2, 0.25) is 0 Å². The van der Waals surface area contributed by atoms with Crippen LogP contribution in [0.3, 0.4) is 0 Å². The highest BCUT2D eigenvalue weighted by Gasteiger charge is 2.34. The van der Waals surface area contributed by atoms with Crippen LogP contribution in [0.25, 0.3) is 11.2 Å². The number of nitrogens with zero attached hydrogens (tertiary/aromatic N) is 5. The molecule has 3 heterocycles. The largest absolute Gasteiger partial charge is 0.390 e. The van der Waals surface area contributed by atoms with Crippen molar-refractivity contribution < 1.29 is 14.9 Å². The molecule has 1 saturated heterocycles. The summed E-state index contributed by atoms with van der Waals surface area (Å²) in [6, 6.07) is 0. The molecule has 1 fully saturated rings. The van der Waals surface area contributed by atoms with Gasteiger partial charge in [-0.15, -0.1) is 0 Å². The summed E-state index contributed by atoms with van der Waals surface area (Å²) in [6.07, 6.45) is 0.927. The summed E-state index contributed by atoms with van der Waals surface area (Å²) in [6.45, 7) is 0.383. The number of ether oxygens (including phenoxy) is 1. The van der Waals surface area contributed by atoms with Gasteiger partial charge in [-0.3, -0.25) is 4.57 Å². The van der Waals surface area contributed by atoms with Crippen LogP contribution < -0.4 is 4.90 Å². The summed E-state index contributed by atoms with van der Waals surface area (Å²) in [4.78, 5) is 14.5. The lowest BCUT2D eigenvalue weighted by atomic mass is 10.1. The van der Waals surface area contributed by atoms with E-state index in [-0.39, 0.29) is 0 Å². The normalized spacial score (nSPS) is 26.9. The molecule has 3 rings (SSSR count). The molecule has 1 aliphatic rings. The Hall–Kier alpha value is -1.77. The van der Waals surface area contributed by atoms with E-state index < -0.39 is 18.4 Å². The maximum atomic E-state index is 10.1. The number of imidazole rings is 1. The van der Waals surface area contributed by atoms with Crippen molar-refractivity contribution in [2.24, 2.45) is 0 Å². The van der Waals surface area contributed by atoms with E-state index in [1.807, 2.05) is 19.0 Å². The second-order valence-corrected chi connectivity index (χ2v) is 5.02. The molecule has 0 bridgehead atoms. The van der Waals surface area contributed by atoms with Gasteiger partial charge in [0.15, 0.2) is 23.2 Å². The van der Waals surface area contributed by atoms with Crippen LogP contribution in [0.2, 0.25) is 0 Å².